The highest BCUT2D eigenvalue weighted by Crippen LogP contribution is 2.19. The second-order valence-corrected chi connectivity index (χ2v) is 7.24. The Bertz CT molecular complexity index is 1160. The van der Waals surface area contributed by atoms with Gasteiger partial charge in [-0.05, 0) is 18.6 Å². The summed E-state index contributed by atoms with van der Waals surface area (Å²) in [6, 6.07) is 7.53. The maximum atomic E-state index is 12.7. The van der Waals surface area contributed by atoms with Gasteiger partial charge < -0.3 is 9.84 Å². The molecule has 0 saturated carbocycles. The Morgan fingerprint density at radius 3 is 2.62 bits per heavy atom. The molecule has 1 aromatic carbocycles. The zero-order chi connectivity index (χ0) is 20.4. The first-order valence-corrected chi connectivity index (χ1v) is 9.45. The van der Waals surface area contributed by atoms with Crippen molar-refractivity contribution in [2.75, 3.05) is 5.32 Å². The third-order valence-electron chi connectivity index (χ3n) is 4.30. The molecular weight excluding hydrogens is 415 g/mol. The van der Waals surface area contributed by atoms with E-state index in [1.54, 1.807) is 34.9 Å². The van der Waals surface area contributed by atoms with E-state index in [1.807, 2.05) is 24.3 Å². The molecule has 4 aromatic rings. The first-order valence-electron chi connectivity index (χ1n) is 8.70. The smallest absolute Gasteiger partial charge is 0.278 e. The van der Waals surface area contributed by atoms with E-state index in [-0.39, 0.29) is 5.69 Å². The lowest BCUT2D eigenvalue weighted by Gasteiger charge is -2.04. The van der Waals surface area contributed by atoms with Crippen LogP contribution in [0.5, 0.6) is 0 Å². The van der Waals surface area contributed by atoms with Gasteiger partial charge in [0.05, 0.1) is 36.2 Å². The number of aromatic nitrogens is 5. The standard InChI is InChI=1S/C19H16Cl2N6O2/c1-12-16(11-27-9-14(20)6-22-27)18(25-29-12)19(28)24-15-7-23-26(10-15)8-13-4-2-3-5-17(13)21/h2-7,9-10H,8,11H2,1H3,(H,24,28). The van der Waals surface area contributed by atoms with Crippen molar-refractivity contribution in [1.82, 2.24) is 24.7 Å². The van der Waals surface area contributed by atoms with Gasteiger partial charge in [0.1, 0.15) is 5.76 Å². The summed E-state index contributed by atoms with van der Waals surface area (Å²) in [7, 11) is 0. The maximum Gasteiger partial charge on any atom is 0.278 e. The fourth-order valence-electron chi connectivity index (χ4n) is 2.85. The second-order valence-electron chi connectivity index (χ2n) is 6.39. The van der Waals surface area contributed by atoms with Crippen LogP contribution in [0.15, 0.2) is 53.6 Å². The van der Waals surface area contributed by atoms with E-state index < -0.39 is 5.91 Å². The Morgan fingerprint density at radius 1 is 1.10 bits per heavy atom. The van der Waals surface area contributed by atoms with Crippen LogP contribution >= 0.6 is 23.2 Å². The lowest BCUT2D eigenvalue weighted by Crippen LogP contribution is -2.15. The number of nitrogens with one attached hydrogen (secondary N) is 1. The van der Waals surface area contributed by atoms with Crippen LogP contribution < -0.4 is 5.32 Å². The molecule has 0 spiro atoms. The molecule has 0 aliphatic heterocycles. The third-order valence-corrected chi connectivity index (χ3v) is 4.87. The molecule has 8 nitrogen and oxygen atoms in total. The Hall–Kier alpha value is -3.10. The Balaban J connectivity index is 1.48. The molecule has 1 N–H and O–H groups in total. The largest absolute Gasteiger partial charge is 0.361 e. The summed E-state index contributed by atoms with van der Waals surface area (Å²) in [5.74, 6) is 0.142. The number of rotatable bonds is 6. The molecule has 0 unspecified atom stereocenters. The minimum atomic E-state index is -0.396. The lowest BCUT2D eigenvalue weighted by atomic mass is 10.2. The molecule has 0 aliphatic rings. The van der Waals surface area contributed by atoms with Crippen LogP contribution in [0.4, 0.5) is 5.69 Å². The summed E-state index contributed by atoms with van der Waals surface area (Å²) in [6.45, 7) is 2.55. The Labute approximate surface area is 176 Å². The summed E-state index contributed by atoms with van der Waals surface area (Å²) in [4.78, 5) is 12.7. The highest BCUT2D eigenvalue weighted by molar-refractivity contribution is 6.31. The minimum Gasteiger partial charge on any atom is -0.361 e. The second kappa shape index (κ2) is 8.10. The number of hydrogen-bond donors (Lipinski definition) is 1. The first kappa shape index (κ1) is 19.2. The predicted octanol–water partition coefficient (Wildman–Crippen LogP) is 4.03. The molecule has 0 radical (unpaired) electrons. The minimum absolute atomic E-state index is 0.188. The average molecular weight is 431 g/mol. The van der Waals surface area contributed by atoms with Gasteiger partial charge in [0, 0.05) is 23.0 Å². The van der Waals surface area contributed by atoms with Crippen LogP contribution in [-0.2, 0) is 13.1 Å². The molecule has 1 amide bonds. The van der Waals surface area contributed by atoms with Crippen LogP contribution in [0, 0.1) is 6.92 Å². The van der Waals surface area contributed by atoms with E-state index in [0.717, 1.165) is 5.56 Å². The van der Waals surface area contributed by atoms with Crippen LogP contribution in [-0.4, -0.2) is 30.6 Å². The fourth-order valence-corrected chi connectivity index (χ4v) is 3.20. The molecule has 148 valence electrons. The van der Waals surface area contributed by atoms with E-state index in [0.29, 0.717) is 40.1 Å². The van der Waals surface area contributed by atoms with Crippen LogP contribution in [0.3, 0.4) is 0 Å². The highest BCUT2D eigenvalue weighted by atomic mass is 35.5. The summed E-state index contributed by atoms with van der Waals surface area (Å²) in [6.07, 6.45) is 6.47. The van der Waals surface area contributed by atoms with Crippen molar-refractivity contribution in [3.8, 4) is 0 Å². The van der Waals surface area contributed by atoms with Crippen molar-refractivity contribution >= 4 is 34.8 Å². The zero-order valence-electron chi connectivity index (χ0n) is 15.3. The number of carbonyl (C=O) groups excluding carboxylic acids is 1. The van der Waals surface area contributed by atoms with E-state index in [1.165, 1.54) is 6.20 Å². The summed E-state index contributed by atoms with van der Waals surface area (Å²) >= 11 is 12.1. The van der Waals surface area contributed by atoms with Crippen molar-refractivity contribution in [2.24, 2.45) is 0 Å². The molecule has 0 bridgehead atoms. The highest BCUT2D eigenvalue weighted by Gasteiger charge is 2.21. The molecule has 0 saturated heterocycles. The lowest BCUT2D eigenvalue weighted by molar-refractivity contribution is 0.101. The fraction of sp³-hybridized carbons (Fsp3) is 0.158. The molecule has 3 heterocycles. The van der Waals surface area contributed by atoms with Gasteiger partial charge in [0.15, 0.2) is 5.69 Å². The predicted molar refractivity (Wildman–Crippen MR) is 108 cm³/mol. The van der Waals surface area contributed by atoms with Gasteiger partial charge in [0.25, 0.3) is 5.91 Å². The summed E-state index contributed by atoms with van der Waals surface area (Å²) in [5, 5.41) is 16.3. The van der Waals surface area contributed by atoms with Gasteiger partial charge in [-0.3, -0.25) is 14.2 Å². The zero-order valence-corrected chi connectivity index (χ0v) is 16.9. The average Bonchev–Trinajstić information content (AvgIpc) is 3.39. The van der Waals surface area contributed by atoms with Gasteiger partial charge >= 0.3 is 0 Å². The van der Waals surface area contributed by atoms with Gasteiger partial charge in [-0.15, -0.1) is 0 Å². The normalized spacial score (nSPS) is 11.0. The topological polar surface area (TPSA) is 90.8 Å². The van der Waals surface area contributed by atoms with Gasteiger partial charge in [-0.2, -0.15) is 10.2 Å². The molecule has 0 aliphatic carbocycles. The molecule has 0 fully saturated rings. The maximum absolute atomic E-state index is 12.7. The third kappa shape index (κ3) is 4.33. The molecule has 0 atom stereocenters. The number of hydrogen-bond acceptors (Lipinski definition) is 5. The number of nitrogens with zero attached hydrogens (tertiary/aromatic N) is 5. The Morgan fingerprint density at radius 2 is 1.86 bits per heavy atom. The first-order chi connectivity index (χ1) is 14.0. The SMILES string of the molecule is Cc1onc(C(=O)Nc2cnn(Cc3ccccc3Cl)c2)c1Cn1cc(Cl)cn1. The Kier molecular flexibility index (Phi) is 5.37. The van der Waals surface area contributed by atoms with Crippen molar-refractivity contribution < 1.29 is 9.32 Å². The number of aryl methyl sites for hydroxylation is 1. The van der Waals surface area contributed by atoms with E-state index in [9.17, 15) is 4.79 Å². The molecule has 10 heteroatoms. The summed E-state index contributed by atoms with van der Waals surface area (Å²) in [5.41, 5.74) is 2.29. The molecular formula is C19H16Cl2N6O2. The van der Waals surface area contributed by atoms with Crippen LogP contribution in [0.1, 0.15) is 27.4 Å². The van der Waals surface area contributed by atoms with Crippen LogP contribution in [0.2, 0.25) is 10.0 Å². The van der Waals surface area contributed by atoms with Gasteiger partial charge in [-0.1, -0.05) is 46.6 Å². The van der Waals surface area contributed by atoms with Crippen molar-refractivity contribution in [1.29, 1.82) is 0 Å². The summed E-state index contributed by atoms with van der Waals surface area (Å²) < 4.78 is 8.51. The number of benzene rings is 1. The van der Waals surface area contributed by atoms with Crippen molar-refractivity contribution in [3.05, 3.63) is 81.7 Å². The number of carbonyl (C=O) groups is 1. The molecule has 4 rings (SSSR count). The monoisotopic (exact) mass is 430 g/mol. The number of amides is 1. The van der Waals surface area contributed by atoms with Crippen molar-refractivity contribution in [2.45, 2.75) is 20.0 Å². The number of anilines is 1. The van der Waals surface area contributed by atoms with Crippen molar-refractivity contribution in [3.63, 3.8) is 0 Å². The van der Waals surface area contributed by atoms with Gasteiger partial charge in [0.2, 0.25) is 0 Å². The van der Waals surface area contributed by atoms with Gasteiger partial charge in [-0.25, -0.2) is 0 Å². The number of halogens is 2. The van der Waals surface area contributed by atoms with E-state index in [2.05, 4.69) is 20.7 Å². The molecule has 29 heavy (non-hydrogen) atoms. The quantitative estimate of drug-likeness (QED) is 0.498. The van der Waals surface area contributed by atoms with E-state index >= 15 is 0 Å². The van der Waals surface area contributed by atoms with Crippen LogP contribution in [0.25, 0.3) is 0 Å². The molecule has 3 aromatic heterocycles. The van der Waals surface area contributed by atoms with E-state index in [4.69, 9.17) is 27.7 Å².